The number of rotatable bonds is 5. The van der Waals surface area contributed by atoms with Crippen molar-refractivity contribution in [2.75, 3.05) is 7.11 Å². The molecule has 0 saturated heterocycles. The number of amides is 1. The summed E-state index contributed by atoms with van der Waals surface area (Å²) >= 11 is 0. The third-order valence-corrected chi connectivity index (χ3v) is 2.71. The van der Waals surface area contributed by atoms with Crippen LogP contribution in [0.1, 0.15) is 5.56 Å². The fraction of sp³-hybridized carbons (Fsp3) is 0.0625. The highest BCUT2D eigenvalue weighted by Crippen LogP contribution is 2.28. The minimum Gasteiger partial charge on any atom is -0.497 e. The number of hydrogen-bond donors (Lipinski definition) is 2. The van der Waals surface area contributed by atoms with Crippen LogP contribution in [0.25, 0.3) is 6.08 Å². The van der Waals surface area contributed by atoms with Crippen LogP contribution in [0.4, 0.5) is 0 Å². The molecule has 2 aromatic carbocycles. The molecule has 1 amide bonds. The van der Waals surface area contributed by atoms with Crippen LogP contribution in [-0.4, -0.2) is 18.2 Å². The molecule has 2 aromatic rings. The van der Waals surface area contributed by atoms with Crippen molar-refractivity contribution >= 4 is 12.0 Å². The monoisotopic (exact) mass is 285 g/mol. The van der Waals surface area contributed by atoms with Gasteiger partial charge in [0.25, 0.3) is 5.91 Å². The molecule has 0 unspecified atom stereocenters. The summed E-state index contributed by atoms with van der Waals surface area (Å²) in [5.74, 6) is 1.31. The Hall–Kier alpha value is -2.79. The largest absolute Gasteiger partial charge is 0.497 e. The van der Waals surface area contributed by atoms with E-state index in [0.29, 0.717) is 22.8 Å². The lowest BCUT2D eigenvalue weighted by molar-refractivity contribution is -0.124. The third kappa shape index (κ3) is 4.09. The van der Waals surface area contributed by atoms with E-state index in [1.807, 2.05) is 30.3 Å². The van der Waals surface area contributed by atoms with Gasteiger partial charge >= 0.3 is 0 Å². The van der Waals surface area contributed by atoms with Gasteiger partial charge in [0.1, 0.15) is 17.2 Å². The van der Waals surface area contributed by atoms with Gasteiger partial charge in [0.2, 0.25) is 0 Å². The van der Waals surface area contributed by atoms with E-state index in [2.05, 4.69) is 0 Å². The van der Waals surface area contributed by atoms with Gasteiger partial charge in [-0.15, -0.1) is 0 Å². The van der Waals surface area contributed by atoms with Gasteiger partial charge in [-0.05, 0) is 24.3 Å². The van der Waals surface area contributed by atoms with Crippen LogP contribution in [0.5, 0.6) is 17.2 Å². The highest BCUT2D eigenvalue weighted by molar-refractivity contribution is 5.91. The van der Waals surface area contributed by atoms with Crippen LogP contribution < -0.4 is 15.0 Å². The molecule has 108 valence electrons. The lowest BCUT2D eigenvalue weighted by Gasteiger charge is -2.09. The van der Waals surface area contributed by atoms with Crippen molar-refractivity contribution in [3.63, 3.8) is 0 Å². The number of ether oxygens (including phenoxy) is 2. The van der Waals surface area contributed by atoms with E-state index in [0.717, 1.165) is 0 Å². The average Bonchev–Trinajstić information content (AvgIpc) is 2.54. The number of methoxy groups -OCH3 is 1. The van der Waals surface area contributed by atoms with Gasteiger partial charge in [0.05, 0.1) is 7.11 Å². The van der Waals surface area contributed by atoms with Crippen molar-refractivity contribution in [1.29, 1.82) is 0 Å². The number of para-hydroxylation sites is 1. The van der Waals surface area contributed by atoms with Crippen LogP contribution >= 0.6 is 0 Å². The normalized spacial score (nSPS) is 10.4. The van der Waals surface area contributed by atoms with Crippen molar-refractivity contribution in [1.82, 2.24) is 5.48 Å². The first-order valence-corrected chi connectivity index (χ1v) is 6.26. The van der Waals surface area contributed by atoms with E-state index in [-0.39, 0.29) is 0 Å². The summed E-state index contributed by atoms with van der Waals surface area (Å²) in [7, 11) is 1.59. The van der Waals surface area contributed by atoms with Crippen molar-refractivity contribution in [3.05, 3.63) is 60.2 Å². The maximum atomic E-state index is 11.0. The molecule has 5 nitrogen and oxygen atoms in total. The molecule has 2 rings (SSSR count). The number of benzene rings is 2. The summed E-state index contributed by atoms with van der Waals surface area (Å²) in [5, 5.41) is 8.48. The SMILES string of the molecule is COc1cccc(Oc2ccccc2C=CC(=O)NO)c1. The second-order valence-corrected chi connectivity index (χ2v) is 4.13. The number of carbonyl (C=O) groups excluding carboxylic acids is 1. The first kappa shape index (κ1) is 14.6. The van der Waals surface area contributed by atoms with Gasteiger partial charge in [-0.1, -0.05) is 24.3 Å². The number of nitrogens with one attached hydrogen (secondary N) is 1. The van der Waals surface area contributed by atoms with E-state index in [9.17, 15) is 4.79 Å². The van der Waals surface area contributed by atoms with Crippen molar-refractivity contribution in [2.24, 2.45) is 0 Å². The Morgan fingerprint density at radius 3 is 2.67 bits per heavy atom. The maximum absolute atomic E-state index is 11.0. The van der Waals surface area contributed by atoms with Gasteiger partial charge in [-0.3, -0.25) is 10.0 Å². The maximum Gasteiger partial charge on any atom is 0.267 e. The van der Waals surface area contributed by atoms with Crippen molar-refractivity contribution in [3.8, 4) is 17.2 Å². The molecule has 0 radical (unpaired) electrons. The first-order chi connectivity index (χ1) is 10.2. The van der Waals surface area contributed by atoms with Gasteiger partial charge < -0.3 is 9.47 Å². The van der Waals surface area contributed by atoms with Crippen LogP contribution in [0.3, 0.4) is 0 Å². The van der Waals surface area contributed by atoms with Crippen molar-refractivity contribution in [2.45, 2.75) is 0 Å². The lowest BCUT2D eigenvalue weighted by atomic mass is 10.2. The van der Waals surface area contributed by atoms with Gasteiger partial charge in [-0.2, -0.15) is 0 Å². The summed E-state index contributed by atoms with van der Waals surface area (Å²) in [5.41, 5.74) is 2.25. The molecule has 0 aliphatic rings. The van der Waals surface area contributed by atoms with Crippen LogP contribution in [0.15, 0.2) is 54.6 Å². The Balaban J connectivity index is 2.23. The molecule has 21 heavy (non-hydrogen) atoms. The van der Waals surface area contributed by atoms with E-state index in [4.69, 9.17) is 14.7 Å². The summed E-state index contributed by atoms with van der Waals surface area (Å²) in [4.78, 5) is 11.0. The quantitative estimate of drug-likeness (QED) is 0.503. The zero-order valence-electron chi connectivity index (χ0n) is 11.4. The molecule has 0 aliphatic heterocycles. The average molecular weight is 285 g/mol. The molecular weight excluding hydrogens is 270 g/mol. The molecule has 2 N–H and O–H groups in total. The minimum absolute atomic E-state index is 0.591. The molecule has 0 saturated carbocycles. The van der Waals surface area contributed by atoms with Crippen molar-refractivity contribution < 1.29 is 19.5 Å². The Kier molecular flexibility index (Phi) is 4.95. The summed E-state index contributed by atoms with van der Waals surface area (Å²) < 4.78 is 10.9. The van der Waals surface area contributed by atoms with Gasteiger partial charge in [0.15, 0.2) is 0 Å². The molecule has 0 spiro atoms. The molecule has 0 heterocycles. The highest BCUT2D eigenvalue weighted by Gasteiger charge is 2.03. The summed E-state index contributed by atoms with van der Waals surface area (Å²) in [6.45, 7) is 0. The summed E-state index contributed by atoms with van der Waals surface area (Å²) in [6.07, 6.45) is 2.77. The van der Waals surface area contributed by atoms with E-state index in [1.54, 1.807) is 31.4 Å². The molecule has 0 fully saturated rings. The lowest BCUT2D eigenvalue weighted by Crippen LogP contribution is -2.14. The smallest absolute Gasteiger partial charge is 0.267 e. The van der Waals surface area contributed by atoms with Crippen LogP contribution in [-0.2, 0) is 4.79 Å². The Morgan fingerprint density at radius 2 is 1.90 bits per heavy atom. The fourth-order valence-corrected chi connectivity index (χ4v) is 1.71. The number of hydroxylamine groups is 1. The second-order valence-electron chi connectivity index (χ2n) is 4.13. The molecule has 0 bridgehead atoms. The standard InChI is InChI=1S/C16H15NO4/c1-20-13-6-4-7-14(11-13)21-15-8-3-2-5-12(15)9-10-16(18)17-19/h2-11,19H,1H3,(H,17,18). The number of carbonyl (C=O) groups is 1. The minimum atomic E-state index is -0.605. The van der Waals surface area contributed by atoms with E-state index >= 15 is 0 Å². The summed E-state index contributed by atoms with van der Waals surface area (Å²) in [6, 6.07) is 14.5. The third-order valence-electron chi connectivity index (χ3n) is 2.71. The molecule has 0 aromatic heterocycles. The van der Waals surface area contributed by atoms with Crippen LogP contribution in [0, 0.1) is 0 Å². The zero-order valence-corrected chi connectivity index (χ0v) is 11.4. The Labute approximate surface area is 122 Å². The first-order valence-electron chi connectivity index (χ1n) is 6.26. The van der Waals surface area contributed by atoms with Gasteiger partial charge in [-0.25, -0.2) is 5.48 Å². The molecule has 0 atom stereocenters. The molecule has 0 aliphatic carbocycles. The topological polar surface area (TPSA) is 67.8 Å². The van der Waals surface area contributed by atoms with Gasteiger partial charge in [0, 0.05) is 17.7 Å². The zero-order chi connectivity index (χ0) is 15.1. The van der Waals surface area contributed by atoms with E-state index in [1.165, 1.54) is 11.6 Å². The predicted octanol–water partition coefficient (Wildman–Crippen LogP) is 3.01. The predicted molar refractivity (Wildman–Crippen MR) is 78.5 cm³/mol. The highest BCUT2D eigenvalue weighted by atomic mass is 16.5. The molecular formula is C16H15NO4. The Morgan fingerprint density at radius 1 is 1.14 bits per heavy atom. The fourth-order valence-electron chi connectivity index (χ4n) is 1.71. The van der Waals surface area contributed by atoms with E-state index < -0.39 is 5.91 Å². The van der Waals surface area contributed by atoms with Crippen LogP contribution in [0.2, 0.25) is 0 Å². The Bertz CT molecular complexity index is 652. The number of hydrogen-bond acceptors (Lipinski definition) is 4. The second kappa shape index (κ2) is 7.12. The molecule has 5 heteroatoms.